The van der Waals surface area contributed by atoms with E-state index in [0.717, 1.165) is 17.0 Å². The van der Waals surface area contributed by atoms with Gasteiger partial charge in [0.25, 0.3) is 5.91 Å². The van der Waals surface area contributed by atoms with Crippen LogP contribution in [0.3, 0.4) is 0 Å². The van der Waals surface area contributed by atoms with Crippen LogP contribution in [-0.2, 0) is 16.6 Å². The predicted molar refractivity (Wildman–Crippen MR) is 96.1 cm³/mol. The molecule has 136 valence electrons. The van der Waals surface area contributed by atoms with Crippen LogP contribution in [0.4, 0.5) is 0 Å². The SMILES string of the molecule is Cc1cc(C(=O)NCCn2nc(C)c(C)c2C)cc(S(N)(=O)=O)c1C. The van der Waals surface area contributed by atoms with Crippen molar-refractivity contribution in [2.75, 3.05) is 6.54 Å². The summed E-state index contributed by atoms with van der Waals surface area (Å²) >= 11 is 0. The number of sulfonamides is 1. The summed E-state index contributed by atoms with van der Waals surface area (Å²) in [5.41, 5.74) is 4.70. The number of hydrogen-bond acceptors (Lipinski definition) is 4. The lowest BCUT2D eigenvalue weighted by atomic mass is 10.1. The summed E-state index contributed by atoms with van der Waals surface area (Å²) in [5.74, 6) is -0.341. The van der Waals surface area contributed by atoms with Crippen molar-refractivity contribution in [3.8, 4) is 0 Å². The van der Waals surface area contributed by atoms with Crippen LogP contribution < -0.4 is 10.5 Å². The maximum absolute atomic E-state index is 12.4. The number of rotatable bonds is 5. The molecule has 0 spiro atoms. The third-order valence-corrected chi connectivity index (χ3v) is 5.58. The summed E-state index contributed by atoms with van der Waals surface area (Å²) in [6.45, 7) is 10.3. The van der Waals surface area contributed by atoms with Crippen LogP contribution in [-0.4, -0.2) is 30.7 Å². The van der Waals surface area contributed by atoms with Gasteiger partial charge >= 0.3 is 0 Å². The summed E-state index contributed by atoms with van der Waals surface area (Å²) in [6, 6.07) is 2.98. The molecule has 7 nitrogen and oxygen atoms in total. The summed E-state index contributed by atoms with van der Waals surface area (Å²) in [4.78, 5) is 12.3. The Kier molecular flexibility index (Phi) is 5.34. The molecule has 8 heteroatoms. The second kappa shape index (κ2) is 6.97. The Morgan fingerprint density at radius 1 is 1.16 bits per heavy atom. The Labute approximate surface area is 148 Å². The molecule has 0 aliphatic heterocycles. The fraction of sp³-hybridized carbons (Fsp3) is 0.412. The van der Waals surface area contributed by atoms with Crippen LogP contribution >= 0.6 is 0 Å². The number of carbonyl (C=O) groups is 1. The van der Waals surface area contributed by atoms with Gasteiger partial charge in [0, 0.05) is 17.8 Å². The molecule has 0 saturated carbocycles. The van der Waals surface area contributed by atoms with Gasteiger partial charge in [0.2, 0.25) is 10.0 Å². The van der Waals surface area contributed by atoms with E-state index in [1.807, 2.05) is 25.5 Å². The molecule has 3 N–H and O–H groups in total. The predicted octanol–water partition coefficient (Wildman–Crippen LogP) is 1.50. The van der Waals surface area contributed by atoms with E-state index in [1.54, 1.807) is 19.9 Å². The van der Waals surface area contributed by atoms with Gasteiger partial charge in [0.1, 0.15) is 0 Å². The molecular formula is C17H24N4O3S. The molecule has 1 heterocycles. The lowest BCUT2D eigenvalue weighted by molar-refractivity contribution is 0.0951. The molecule has 0 saturated heterocycles. The molecule has 25 heavy (non-hydrogen) atoms. The lowest BCUT2D eigenvalue weighted by Gasteiger charge is -2.11. The van der Waals surface area contributed by atoms with Gasteiger partial charge in [-0.15, -0.1) is 0 Å². The average Bonchev–Trinajstić information content (AvgIpc) is 2.75. The van der Waals surface area contributed by atoms with Crippen LogP contribution in [0.2, 0.25) is 0 Å². The lowest BCUT2D eigenvalue weighted by Crippen LogP contribution is -2.28. The third-order valence-electron chi connectivity index (χ3n) is 4.54. The highest BCUT2D eigenvalue weighted by Gasteiger charge is 2.17. The van der Waals surface area contributed by atoms with Crippen molar-refractivity contribution in [2.45, 2.75) is 46.1 Å². The number of carbonyl (C=O) groups excluding carboxylic acids is 1. The molecule has 1 aromatic heterocycles. The summed E-state index contributed by atoms with van der Waals surface area (Å²) in [5, 5.41) is 12.4. The van der Waals surface area contributed by atoms with E-state index < -0.39 is 10.0 Å². The van der Waals surface area contributed by atoms with E-state index >= 15 is 0 Å². The first-order valence-corrected chi connectivity index (χ1v) is 9.50. The second-order valence-corrected chi connectivity index (χ2v) is 7.77. The topological polar surface area (TPSA) is 107 Å². The van der Waals surface area contributed by atoms with Crippen molar-refractivity contribution in [2.24, 2.45) is 5.14 Å². The van der Waals surface area contributed by atoms with Crippen LogP contribution in [0.5, 0.6) is 0 Å². The first-order valence-electron chi connectivity index (χ1n) is 7.95. The molecule has 2 rings (SSSR count). The first kappa shape index (κ1) is 19.1. The number of nitrogens with one attached hydrogen (secondary N) is 1. The van der Waals surface area contributed by atoms with Crippen molar-refractivity contribution >= 4 is 15.9 Å². The van der Waals surface area contributed by atoms with E-state index in [4.69, 9.17) is 5.14 Å². The Morgan fingerprint density at radius 2 is 1.80 bits per heavy atom. The molecule has 0 aliphatic rings. The standard InChI is InChI=1S/C17H24N4O3S/c1-10-8-15(9-16(11(10)2)25(18,23)24)17(22)19-6-7-21-14(5)12(3)13(4)20-21/h8-9H,6-7H2,1-5H3,(H,19,22)(H2,18,23,24). The zero-order chi connectivity index (χ0) is 18.9. The average molecular weight is 364 g/mol. The fourth-order valence-corrected chi connectivity index (χ4v) is 3.51. The molecule has 2 aromatic rings. The summed E-state index contributed by atoms with van der Waals surface area (Å²) in [7, 11) is -3.88. The minimum Gasteiger partial charge on any atom is -0.350 e. The van der Waals surface area contributed by atoms with Gasteiger partial charge in [-0.25, -0.2) is 13.6 Å². The fourth-order valence-electron chi connectivity index (χ4n) is 2.64. The van der Waals surface area contributed by atoms with Gasteiger partial charge < -0.3 is 5.32 Å². The van der Waals surface area contributed by atoms with E-state index in [9.17, 15) is 13.2 Å². The normalized spacial score (nSPS) is 11.6. The van der Waals surface area contributed by atoms with Crippen molar-refractivity contribution < 1.29 is 13.2 Å². The quantitative estimate of drug-likeness (QED) is 0.838. The van der Waals surface area contributed by atoms with E-state index in [-0.39, 0.29) is 16.4 Å². The Balaban J connectivity index is 2.13. The molecule has 0 atom stereocenters. The highest BCUT2D eigenvalue weighted by molar-refractivity contribution is 7.89. The van der Waals surface area contributed by atoms with Gasteiger partial charge in [0.15, 0.2) is 0 Å². The van der Waals surface area contributed by atoms with E-state index in [2.05, 4.69) is 10.4 Å². The number of nitrogens with two attached hydrogens (primary N) is 1. The first-order chi connectivity index (χ1) is 11.5. The van der Waals surface area contributed by atoms with Crippen LogP contribution in [0.15, 0.2) is 17.0 Å². The highest BCUT2D eigenvalue weighted by atomic mass is 32.2. The van der Waals surface area contributed by atoms with Crippen LogP contribution in [0.1, 0.15) is 38.4 Å². The Hall–Kier alpha value is -2.19. The summed E-state index contributed by atoms with van der Waals surface area (Å²) in [6.07, 6.45) is 0. The van der Waals surface area contributed by atoms with Crippen molar-refractivity contribution in [1.29, 1.82) is 0 Å². The van der Waals surface area contributed by atoms with E-state index in [1.165, 1.54) is 6.07 Å². The van der Waals surface area contributed by atoms with Crippen molar-refractivity contribution in [3.05, 3.63) is 45.8 Å². The molecule has 0 aliphatic carbocycles. The molecule has 1 amide bonds. The van der Waals surface area contributed by atoms with Crippen molar-refractivity contribution in [3.63, 3.8) is 0 Å². The number of primary sulfonamides is 1. The molecule has 1 aromatic carbocycles. The number of amides is 1. The maximum atomic E-state index is 12.4. The number of benzene rings is 1. The third kappa shape index (κ3) is 4.08. The number of hydrogen-bond donors (Lipinski definition) is 2. The highest BCUT2D eigenvalue weighted by Crippen LogP contribution is 2.20. The monoisotopic (exact) mass is 364 g/mol. The number of nitrogens with zero attached hydrogens (tertiary/aromatic N) is 2. The van der Waals surface area contributed by atoms with Gasteiger partial charge in [-0.2, -0.15) is 5.10 Å². The molecule has 0 unspecified atom stereocenters. The molecular weight excluding hydrogens is 340 g/mol. The molecule has 0 radical (unpaired) electrons. The minimum absolute atomic E-state index is 0.0215. The van der Waals surface area contributed by atoms with Gasteiger partial charge in [-0.1, -0.05) is 0 Å². The van der Waals surface area contributed by atoms with Gasteiger partial charge in [-0.3, -0.25) is 9.48 Å². The van der Waals surface area contributed by atoms with Crippen LogP contribution in [0, 0.1) is 34.6 Å². The van der Waals surface area contributed by atoms with Crippen molar-refractivity contribution in [1.82, 2.24) is 15.1 Å². The van der Waals surface area contributed by atoms with Crippen LogP contribution in [0.25, 0.3) is 0 Å². The summed E-state index contributed by atoms with van der Waals surface area (Å²) < 4.78 is 25.2. The smallest absolute Gasteiger partial charge is 0.251 e. The van der Waals surface area contributed by atoms with E-state index in [0.29, 0.717) is 24.2 Å². The largest absolute Gasteiger partial charge is 0.350 e. The molecule has 0 bridgehead atoms. The Bertz CT molecular complexity index is 930. The second-order valence-electron chi connectivity index (χ2n) is 6.24. The minimum atomic E-state index is -3.88. The Morgan fingerprint density at radius 3 is 2.32 bits per heavy atom. The maximum Gasteiger partial charge on any atom is 0.251 e. The number of aromatic nitrogens is 2. The zero-order valence-corrected chi connectivity index (χ0v) is 16.0. The zero-order valence-electron chi connectivity index (χ0n) is 15.2. The van der Waals surface area contributed by atoms with Gasteiger partial charge in [-0.05, 0) is 63.4 Å². The number of aryl methyl sites for hydroxylation is 2. The molecule has 0 fully saturated rings. The van der Waals surface area contributed by atoms with Gasteiger partial charge in [0.05, 0.1) is 17.1 Å².